The number of fused-ring (bicyclic) bond motifs is 7. The van der Waals surface area contributed by atoms with Crippen molar-refractivity contribution in [2.75, 3.05) is 0 Å². The SMILES string of the molecule is c1ccc(-c2oc3cc4c(cc3c2-c2ccccc2)oc2ccc(-c3c5ccccc5c(-c5ccc6ccccc6c5)c5ccccc35)cc24)cc1. The van der Waals surface area contributed by atoms with Gasteiger partial charge in [0.05, 0.1) is 0 Å². The van der Waals surface area contributed by atoms with Gasteiger partial charge in [0.15, 0.2) is 0 Å². The molecule has 0 unspecified atom stereocenters. The van der Waals surface area contributed by atoms with Gasteiger partial charge in [-0.25, -0.2) is 0 Å². The Morgan fingerprint density at radius 1 is 0.250 bits per heavy atom. The van der Waals surface area contributed by atoms with E-state index >= 15 is 0 Å². The summed E-state index contributed by atoms with van der Waals surface area (Å²) in [6, 6.07) is 64.9. The molecule has 11 aromatic rings. The second kappa shape index (κ2) is 11.3. The quantitative estimate of drug-likeness (QED) is 0.175. The van der Waals surface area contributed by atoms with Crippen LogP contribution in [0.5, 0.6) is 0 Å². The number of hydrogen-bond acceptors (Lipinski definition) is 2. The lowest BCUT2D eigenvalue weighted by atomic mass is 9.85. The van der Waals surface area contributed by atoms with E-state index in [1.165, 1.54) is 49.0 Å². The third-order valence-corrected chi connectivity index (χ3v) is 10.6. The van der Waals surface area contributed by atoms with Gasteiger partial charge < -0.3 is 8.83 Å². The van der Waals surface area contributed by atoms with E-state index < -0.39 is 0 Å². The minimum absolute atomic E-state index is 0.842. The first-order valence-electron chi connectivity index (χ1n) is 17.8. The molecule has 2 heterocycles. The van der Waals surface area contributed by atoms with Crippen LogP contribution in [0.25, 0.3) is 110 Å². The lowest BCUT2D eigenvalue weighted by molar-refractivity contribution is 0.632. The smallest absolute Gasteiger partial charge is 0.143 e. The molecule has 0 fully saturated rings. The maximum Gasteiger partial charge on any atom is 0.143 e. The van der Waals surface area contributed by atoms with Crippen molar-refractivity contribution in [2.24, 2.45) is 0 Å². The molecular formula is C50H30O2. The molecule has 2 aromatic heterocycles. The maximum atomic E-state index is 6.74. The predicted octanol–water partition coefficient (Wildman–Crippen LogP) is 14.5. The Morgan fingerprint density at radius 3 is 1.42 bits per heavy atom. The van der Waals surface area contributed by atoms with Crippen LogP contribution in [0.3, 0.4) is 0 Å². The number of rotatable bonds is 4. The van der Waals surface area contributed by atoms with Crippen molar-refractivity contribution < 1.29 is 8.83 Å². The lowest BCUT2D eigenvalue weighted by Gasteiger charge is -2.18. The summed E-state index contributed by atoms with van der Waals surface area (Å²) in [6.45, 7) is 0. The number of furan rings is 2. The van der Waals surface area contributed by atoms with Gasteiger partial charge in [-0.05, 0) is 90.5 Å². The number of benzene rings is 9. The molecule has 0 aliphatic carbocycles. The van der Waals surface area contributed by atoms with Crippen molar-refractivity contribution in [1.29, 1.82) is 0 Å². The molecule has 0 aliphatic heterocycles. The highest BCUT2D eigenvalue weighted by molar-refractivity contribution is 6.23. The molecule has 11 rings (SSSR count). The normalized spacial score (nSPS) is 11.8. The van der Waals surface area contributed by atoms with Crippen LogP contribution in [0.4, 0.5) is 0 Å². The summed E-state index contributed by atoms with van der Waals surface area (Å²) in [6.07, 6.45) is 0. The van der Waals surface area contributed by atoms with Crippen LogP contribution in [0.15, 0.2) is 191 Å². The van der Waals surface area contributed by atoms with Crippen molar-refractivity contribution >= 4 is 65.2 Å². The molecule has 0 amide bonds. The highest BCUT2D eigenvalue weighted by Gasteiger charge is 2.22. The molecule has 0 N–H and O–H groups in total. The van der Waals surface area contributed by atoms with Gasteiger partial charge in [-0.1, -0.05) is 152 Å². The van der Waals surface area contributed by atoms with Crippen molar-refractivity contribution in [1.82, 2.24) is 0 Å². The molecular weight excluding hydrogens is 633 g/mol. The molecule has 0 bridgehead atoms. The highest BCUT2D eigenvalue weighted by atomic mass is 16.3. The van der Waals surface area contributed by atoms with Gasteiger partial charge in [0, 0.05) is 27.3 Å². The van der Waals surface area contributed by atoms with Crippen molar-refractivity contribution in [3.63, 3.8) is 0 Å². The first-order chi connectivity index (χ1) is 25.8. The van der Waals surface area contributed by atoms with Crippen molar-refractivity contribution in [3.8, 4) is 44.7 Å². The van der Waals surface area contributed by atoms with Crippen LogP contribution < -0.4 is 0 Å². The zero-order valence-electron chi connectivity index (χ0n) is 28.1. The fourth-order valence-corrected chi connectivity index (χ4v) is 8.30. The molecule has 0 aliphatic rings. The van der Waals surface area contributed by atoms with E-state index in [9.17, 15) is 0 Å². The molecule has 2 heteroatoms. The average Bonchev–Trinajstić information content (AvgIpc) is 3.76. The monoisotopic (exact) mass is 662 g/mol. The summed E-state index contributed by atoms with van der Waals surface area (Å²) < 4.78 is 13.3. The van der Waals surface area contributed by atoms with E-state index in [0.29, 0.717) is 0 Å². The van der Waals surface area contributed by atoms with E-state index in [0.717, 1.165) is 60.9 Å². The van der Waals surface area contributed by atoms with Crippen LogP contribution >= 0.6 is 0 Å². The zero-order chi connectivity index (χ0) is 34.2. The molecule has 242 valence electrons. The average molecular weight is 663 g/mol. The minimum atomic E-state index is 0.842. The van der Waals surface area contributed by atoms with E-state index in [-0.39, 0.29) is 0 Å². The van der Waals surface area contributed by atoms with Crippen LogP contribution in [-0.2, 0) is 0 Å². The molecule has 0 spiro atoms. The molecule has 0 saturated carbocycles. The summed E-state index contributed by atoms with van der Waals surface area (Å²) in [4.78, 5) is 0. The maximum absolute atomic E-state index is 6.74. The fourth-order valence-electron chi connectivity index (χ4n) is 8.30. The van der Waals surface area contributed by atoms with Gasteiger partial charge in [-0.2, -0.15) is 0 Å². The standard InChI is InChI=1S/C50H30O2/c1-3-14-32(15-4-1)49-43-30-45-42(29-46(43)52-50(49)33-16-5-2-6-17-33)41-28-36(25-26-44(41)51-45)48-39-21-11-9-19-37(39)47(38-20-10-12-22-40(38)48)35-24-23-31-13-7-8-18-34(31)27-35/h1-30H. The first kappa shape index (κ1) is 28.9. The molecule has 52 heavy (non-hydrogen) atoms. The van der Waals surface area contributed by atoms with Gasteiger partial charge in [0.2, 0.25) is 0 Å². The van der Waals surface area contributed by atoms with E-state index in [4.69, 9.17) is 8.83 Å². The van der Waals surface area contributed by atoms with Gasteiger partial charge in [-0.3, -0.25) is 0 Å². The Balaban J connectivity index is 1.15. The minimum Gasteiger partial charge on any atom is -0.456 e. The predicted molar refractivity (Wildman–Crippen MR) is 218 cm³/mol. The topological polar surface area (TPSA) is 26.3 Å². The fraction of sp³-hybridized carbons (Fsp3) is 0. The van der Waals surface area contributed by atoms with Crippen LogP contribution in [0, 0.1) is 0 Å². The second-order valence-electron chi connectivity index (χ2n) is 13.6. The summed E-state index contributed by atoms with van der Waals surface area (Å²) in [5.41, 5.74) is 10.7. The summed E-state index contributed by atoms with van der Waals surface area (Å²) >= 11 is 0. The lowest BCUT2D eigenvalue weighted by Crippen LogP contribution is -1.91. The Labute approximate surface area is 299 Å². The molecule has 9 aromatic carbocycles. The van der Waals surface area contributed by atoms with E-state index in [1.54, 1.807) is 0 Å². The number of hydrogen-bond donors (Lipinski definition) is 0. The van der Waals surface area contributed by atoms with Crippen LogP contribution in [0.1, 0.15) is 0 Å². The second-order valence-corrected chi connectivity index (χ2v) is 13.6. The Morgan fingerprint density at radius 2 is 0.750 bits per heavy atom. The molecule has 0 saturated heterocycles. The molecule has 2 nitrogen and oxygen atoms in total. The summed E-state index contributed by atoms with van der Waals surface area (Å²) in [7, 11) is 0. The molecule has 0 radical (unpaired) electrons. The zero-order valence-corrected chi connectivity index (χ0v) is 28.1. The molecule has 0 atom stereocenters. The Bertz CT molecular complexity index is 3110. The van der Waals surface area contributed by atoms with Gasteiger partial charge in [0.25, 0.3) is 0 Å². The van der Waals surface area contributed by atoms with E-state index in [2.05, 4.69) is 170 Å². The Kier molecular flexibility index (Phi) is 6.28. The van der Waals surface area contributed by atoms with Crippen LogP contribution in [0.2, 0.25) is 0 Å². The third-order valence-electron chi connectivity index (χ3n) is 10.6. The first-order valence-corrected chi connectivity index (χ1v) is 17.8. The summed E-state index contributed by atoms with van der Waals surface area (Å²) in [5, 5.41) is 10.6. The van der Waals surface area contributed by atoms with Crippen LogP contribution in [-0.4, -0.2) is 0 Å². The van der Waals surface area contributed by atoms with E-state index in [1.807, 2.05) is 12.1 Å². The van der Waals surface area contributed by atoms with Gasteiger partial charge >= 0.3 is 0 Å². The highest BCUT2D eigenvalue weighted by Crippen LogP contribution is 2.47. The Hall–Kier alpha value is -6.90. The van der Waals surface area contributed by atoms with Gasteiger partial charge in [0.1, 0.15) is 22.5 Å². The third kappa shape index (κ3) is 4.38. The van der Waals surface area contributed by atoms with Crippen molar-refractivity contribution in [3.05, 3.63) is 182 Å². The van der Waals surface area contributed by atoms with Crippen molar-refractivity contribution in [2.45, 2.75) is 0 Å². The largest absolute Gasteiger partial charge is 0.456 e. The van der Waals surface area contributed by atoms with Gasteiger partial charge in [-0.15, -0.1) is 0 Å². The summed E-state index contributed by atoms with van der Waals surface area (Å²) in [5.74, 6) is 0.865.